The maximum Gasteiger partial charge on any atom is 0.254 e. The van der Waals surface area contributed by atoms with E-state index < -0.39 is 10.0 Å². The molecule has 27 heavy (non-hydrogen) atoms. The zero-order chi connectivity index (χ0) is 18.9. The molecule has 0 aromatic heterocycles. The highest BCUT2D eigenvalue weighted by Gasteiger charge is 2.32. The molecule has 1 aromatic carbocycles. The monoisotopic (exact) mass is 415 g/mol. The number of carbonyl (C=O) groups is 1. The quantitative estimate of drug-likeness (QED) is 0.801. The van der Waals surface area contributed by atoms with Crippen LogP contribution in [0.1, 0.15) is 49.0 Å². The molecule has 2 aliphatic heterocycles. The summed E-state index contributed by atoms with van der Waals surface area (Å²) in [4.78, 5) is 15.2. The lowest BCUT2D eigenvalue weighted by molar-refractivity contribution is 0.0747. The Kier molecular flexibility index (Phi) is 7.30. The second kappa shape index (κ2) is 8.90. The lowest BCUT2D eigenvalue weighted by Gasteiger charge is -2.25. The number of fused-ring (bicyclic) bond motifs is 2. The molecule has 2 aliphatic rings. The molecule has 2 saturated heterocycles. The number of sulfonamides is 1. The predicted molar refractivity (Wildman–Crippen MR) is 109 cm³/mol. The maximum atomic E-state index is 13.1. The molecule has 1 N–H and O–H groups in total. The molecule has 1 amide bonds. The zero-order valence-electron chi connectivity index (χ0n) is 16.3. The minimum atomic E-state index is -3.57. The van der Waals surface area contributed by atoms with Crippen LogP contribution in [0, 0.1) is 6.92 Å². The van der Waals surface area contributed by atoms with Crippen molar-refractivity contribution in [2.24, 2.45) is 0 Å². The molecule has 0 saturated carbocycles. The van der Waals surface area contributed by atoms with Crippen LogP contribution in [-0.4, -0.2) is 61.8 Å². The molecule has 152 valence electrons. The van der Waals surface area contributed by atoms with Gasteiger partial charge < -0.3 is 10.2 Å². The summed E-state index contributed by atoms with van der Waals surface area (Å²) in [5.74, 6) is -0.0616. The van der Waals surface area contributed by atoms with Gasteiger partial charge in [-0.2, -0.15) is 4.31 Å². The van der Waals surface area contributed by atoms with Gasteiger partial charge in [-0.15, -0.1) is 12.4 Å². The molecule has 0 spiro atoms. The number of amides is 1. The van der Waals surface area contributed by atoms with Crippen molar-refractivity contribution >= 4 is 28.3 Å². The van der Waals surface area contributed by atoms with Crippen LogP contribution >= 0.6 is 12.4 Å². The van der Waals surface area contributed by atoms with Crippen LogP contribution in [0.3, 0.4) is 0 Å². The molecule has 0 radical (unpaired) electrons. The average molecular weight is 416 g/mol. The van der Waals surface area contributed by atoms with E-state index in [1.165, 1.54) is 10.7 Å². The van der Waals surface area contributed by atoms with Crippen molar-refractivity contribution in [2.75, 3.05) is 26.2 Å². The fourth-order valence-electron chi connectivity index (χ4n) is 4.00. The molecular formula is C19H30ClN3O3S. The van der Waals surface area contributed by atoms with Crippen molar-refractivity contribution in [1.82, 2.24) is 14.5 Å². The summed E-state index contributed by atoms with van der Waals surface area (Å²) in [7, 11) is -3.57. The average Bonchev–Trinajstić information content (AvgIpc) is 2.94. The molecule has 6 nitrogen and oxygen atoms in total. The smallest absolute Gasteiger partial charge is 0.254 e. The third kappa shape index (κ3) is 4.47. The van der Waals surface area contributed by atoms with Crippen LogP contribution < -0.4 is 5.32 Å². The SMILES string of the molecule is CCN(CC)S(=O)(=O)c1ccc(C)c(C(=O)N2CCC3CCC(C2)N3)c1.Cl. The van der Waals surface area contributed by atoms with E-state index in [0.717, 1.165) is 24.9 Å². The Morgan fingerprint density at radius 1 is 1.19 bits per heavy atom. The normalized spacial score (nSPS) is 22.4. The molecule has 2 heterocycles. The Morgan fingerprint density at radius 2 is 1.85 bits per heavy atom. The Balaban J connectivity index is 0.00000261. The number of hydrogen-bond acceptors (Lipinski definition) is 4. The molecule has 2 fully saturated rings. The van der Waals surface area contributed by atoms with Crippen LogP contribution in [0.25, 0.3) is 0 Å². The first-order chi connectivity index (χ1) is 12.4. The van der Waals surface area contributed by atoms with Gasteiger partial charge in [-0.05, 0) is 43.9 Å². The highest BCUT2D eigenvalue weighted by atomic mass is 35.5. The van der Waals surface area contributed by atoms with Crippen molar-refractivity contribution in [2.45, 2.75) is 57.0 Å². The van der Waals surface area contributed by atoms with Crippen LogP contribution in [0.4, 0.5) is 0 Å². The molecule has 2 atom stereocenters. The van der Waals surface area contributed by atoms with Crippen molar-refractivity contribution in [3.05, 3.63) is 29.3 Å². The van der Waals surface area contributed by atoms with Crippen LogP contribution in [0.2, 0.25) is 0 Å². The molecule has 3 rings (SSSR count). The van der Waals surface area contributed by atoms with Gasteiger partial charge in [0.1, 0.15) is 0 Å². The van der Waals surface area contributed by atoms with E-state index in [1.807, 2.05) is 25.7 Å². The predicted octanol–water partition coefficient (Wildman–Crippen LogP) is 2.41. The first-order valence-electron chi connectivity index (χ1n) is 9.53. The van der Waals surface area contributed by atoms with Crippen molar-refractivity contribution in [3.8, 4) is 0 Å². The number of likely N-dealkylation sites (tertiary alicyclic amines) is 1. The third-order valence-electron chi connectivity index (χ3n) is 5.59. The van der Waals surface area contributed by atoms with E-state index in [9.17, 15) is 13.2 Å². The van der Waals surface area contributed by atoms with Gasteiger partial charge in [0.2, 0.25) is 10.0 Å². The summed E-state index contributed by atoms with van der Waals surface area (Å²) in [6.07, 6.45) is 3.24. The van der Waals surface area contributed by atoms with Crippen LogP contribution in [-0.2, 0) is 10.0 Å². The van der Waals surface area contributed by atoms with Crippen LogP contribution in [0.15, 0.2) is 23.1 Å². The van der Waals surface area contributed by atoms with E-state index in [4.69, 9.17) is 0 Å². The lowest BCUT2D eigenvalue weighted by Crippen LogP contribution is -2.39. The first-order valence-corrected chi connectivity index (χ1v) is 11.0. The van der Waals surface area contributed by atoms with E-state index in [1.54, 1.807) is 18.2 Å². The minimum absolute atomic E-state index is 0. The van der Waals surface area contributed by atoms with Crippen LogP contribution in [0.5, 0.6) is 0 Å². The maximum absolute atomic E-state index is 13.1. The largest absolute Gasteiger partial charge is 0.337 e. The summed E-state index contributed by atoms with van der Waals surface area (Å²) in [5, 5.41) is 3.57. The Bertz CT molecular complexity index is 780. The number of nitrogens with zero attached hydrogens (tertiary/aromatic N) is 2. The summed E-state index contributed by atoms with van der Waals surface area (Å²) in [6, 6.07) is 5.77. The number of aryl methyl sites for hydroxylation is 1. The van der Waals surface area contributed by atoms with Gasteiger partial charge >= 0.3 is 0 Å². The lowest BCUT2D eigenvalue weighted by atomic mass is 10.0. The second-order valence-electron chi connectivity index (χ2n) is 7.24. The molecule has 0 aliphatic carbocycles. The number of nitrogens with one attached hydrogen (secondary N) is 1. The highest BCUT2D eigenvalue weighted by molar-refractivity contribution is 7.89. The molecule has 2 unspecified atom stereocenters. The number of carbonyl (C=O) groups excluding carboxylic acids is 1. The van der Waals surface area contributed by atoms with E-state index in [0.29, 0.717) is 37.3 Å². The van der Waals surface area contributed by atoms with Gasteiger partial charge in [0, 0.05) is 43.8 Å². The number of hydrogen-bond donors (Lipinski definition) is 1. The van der Waals surface area contributed by atoms with Gasteiger partial charge in [-0.1, -0.05) is 19.9 Å². The Labute approximate surface area is 168 Å². The number of halogens is 1. The molecule has 1 aromatic rings. The zero-order valence-corrected chi connectivity index (χ0v) is 17.9. The van der Waals surface area contributed by atoms with E-state index in [2.05, 4.69) is 5.32 Å². The van der Waals surface area contributed by atoms with Crippen molar-refractivity contribution in [1.29, 1.82) is 0 Å². The third-order valence-corrected chi connectivity index (χ3v) is 7.64. The number of benzene rings is 1. The summed E-state index contributed by atoms with van der Waals surface area (Å²) >= 11 is 0. The first kappa shape index (κ1) is 22.1. The Hall–Kier alpha value is -1.15. The second-order valence-corrected chi connectivity index (χ2v) is 9.18. The fourth-order valence-corrected chi connectivity index (χ4v) is 5.49. The molecule has 2 bridgehead atoms. The van der Waals surface area contributed by atoms with E-state index >= 15 is 0 Å². The summed E-state index contributed by atoms with van der Waals surface area (Å²) < 4.78 is 27.0. The molecular weight excluding hydrogens is 386 g/mol. The highest BCUT2D eigenvalue weighted by Crippen LogP contribution is 2.24. The van der Waals surface area contributed by atoms with Gasteiger partial charge in [0.25, 0.3) is 5.91 Å². The topological polar surface area (TPSA) is 69.7 Å². The van der Waals surface area contributed by atoms with Gasteiger partial charge in [-0.3, -0.25) is 4.79 Å². The Morgan fingerprint density at radius 3 is 2.52 bits per heavy atom. The van der Waals surface area contributed by atoms with E-state index in [-0.39, 0.29) is 23.2 Å². The fraction of sp³-hybridized carbons (Fsp3) is 0.632. The van der Waals surface area contributed by atoms with Gasteiger partial charge in [0.15, 0.2) is 0 Å². The van der Waals surface area contributed by atoms with Crippen molar-refractivity contribution in [3.63, 3.8) is 0 Å². The standard InChI is InChI=1S/C19H29N3O3S.ClH/c1-4-22(5-2)26(24,25)17-9-6-14(3)18(12-17)19(23)21-11-10-15-7-8-16(13-21)20-15;/h6,9,12,15-16,20H,4-5,7-8,10-11,13H2,1-3H3;1H. The number of rotatable bonds is 5. The summed E-state index contributed by atoms with van der Waals surface area (Å²) in [6.45, 7) is 7.75. The minimum Gasteiger partial charge on any atom is -0.337 e. The molecule has 8 heteroatoms. The van der Waals surface area contributed by atoms with Gasteiger partial charge in [-0.25, -0.2) is 8.42 Å². The van der Waals surface area contributed by atoms with Crippen molar-refractivity contribution < 1.29 is 13.2 Å². The summed E-state index contributed by atoms with van der Waals surface area (Å²) in [5.41, 5.74) is 1.31. The van der Waals surface area contributed by atoms with Gasteiger partial charge in [0.05, 0.1) is 4.90 Å².